The third kappa shape index (κ3) is 4.59. The highest BCUT2D eigenvalue weighted by atomic mass is 35.5. The van der Waals surface area contributed by atoms with Crippen LogP contribution in [0.25, 0.3) is 11.5 Å². The van der Waals surface area contributed by atoms with Crippen molar-refractivity contribution in [1.82, 2.24) is 20.4 Å². The normalized spacial score (nSPS) is 16.7. The fourth-order valence-corrected chi connectivity index (χ4v) is 2.10. The van der Waals surface area contributed by atoms with Crippen molar-refractivity contribution in [3.8, 4) is 11.5 Å². The Balaban J connectivity index is 0.00000120. The summed E-state index contributed by atoms with van der Waals surface area (Å²) in [7, 11) is 0. The van der Waals surface area contributed by atoms with Gasteiger partial charge in [0, 0.05) is 24.4 Å². The number of nitrogens with one attached hydrogen (secondary N) is 1. The minimum absolute atomic E-state index is 0. The lowest BCUT2D eigenvalue weighted by molar-refractivity contribution is 0.415. The van der Waals surface area contributed by atoms with Gasteiger partial charge in [-0.05, 0) is 37.6 Å². The van der Waals surface area contributed by atoms with Gasteiger partial charge in [0.05, 0.1) is 0 Å². The predicted octanol–water partition coefficient (Wildman–Crippen LogP) is 2.55. The van der Waals surface area contributed by atoms with Crippen LogP contribution in [-0.2, 0) is 6.42 Å². The molecule has 8 heteroatoms. The van der Waals surface area contributed by atoms with Gasteiger partial charge in [0.2, 0.25) is 0 Å². The molecule has 3 heterocycles. The van der Waals surface area contributed by atoms with E-state index in [0.29, 0.717) is 11.8 Å². The molecule has 0 aliphatic carbocycles. The van der Waals surface area contributed by atoms with Crippen molar-refractivity contribution in [3.05, 3.63) is 30.4 Å². The number of halogens is 3. The molecular formula is C12H17Cl3N4O. The van der Waals surface area contributed by atoms with Crippen LogP contribution >= 0.6 is 37.2 Å². The molecule has 3 rings (SSSR count). The van der Waals surface area contributed by atoms with Crippen LogP contribution < -0.4 is 5.32 Å². The smallest absolute Gasteiger partial charge is 0.258 e. The molecule has 1 atom stereocenters. The average molecular weight is 340 g/mol. The van der Waals surface area contributed by atoms with Crippen molar-refractivity contribution >= 4 is 37.2 Å². The summed E-state index contributed by atoms with van der Waals surface area (Å²) in [5.74, 6) is 2.01. The zero-order chi connectivity index (χ0) is 11.5. The van der Waals surface area contributed by atoms with Crippen molar-refractivity contribution in [2.75, 3.05) is 13.1 Å². The summed E-state index contributed by atoms with van der Waals surface area (Å²) in [6.07, 6.45) is 5.53. The first-order valence-corrected chi connectivity index (χ1v) is 5.85. The number of rotatable bonds is 3. The van der Waals surface area contributed by atoms with Gasteiger partial charge >= 0.3 is 0 Å². The second-order valence-corrected chi connectivity index (χ2v) is 4.31. The van der Waals surface area contributed by atoms with E-state index in [0.717, 1.165) is 30.9 Å². The minimum Gasteiger partial charge on any atom is -0.334 e. The Morgan fingerprint density at radius 3 is 2.60 bits per heavy atom. The maximum absolute atomic E-state index is 5.25. The summed E-state index contributed by atoms with van der Waals surface area (Å²) >= 11 is 0. The molecule has 112 valence electrons. The molecule has 5 nitrogen and oxygen atoms in total. The molecule has 1 aliphatic rings. The lowest BCUT2D eigenvalue weighted by atomic mass is 10.1. The highest BCUT2D eigenvalue weighted by molar-refractivity contribution is 5.86. The summed E-state index contributed by atoms with van der Waals surface area (Å²) in [6, 6.07) is 3.74. The topological polar surface area (TPSA) is 63.8 Å². The predicted molar refractivity (Wildman–Crippen MR) is 84.0 cm³/mol. The molecule has 1 saturated heterocycles. The standard InChI is InChI=1S/C12H14N4O.3ClH/c1-4-14-8-9(1)7-11-15-12(17-16-11)10-2-5-13-6-3-10;;;/h2-3,5-6,9,14H,1,4,7-8H2;3*1H. The largest absolute Gasteiger partial charge is 0.334 e. The van der Waals surface area contributed by atoms with Gasteiger partial charge in [0.1, 0.15) is 0 Å². The van der Waals surface area contributed by atoms with E-state index in [1.165, 1.54) is 6.42 Å². The van der Waals surface area contributed by atoms with Gasteiger partial charge < -0.3 is 9.84 Å². The monoisotopic (exact) mass is 338 g/mol. The molecule has 1 unspecified atom stereocenters. The van der Waals surface area contributed by atoms with Gasteiger partial charge in [-0.25, -0.2) is 0 Å². The Morgan fingerprint density at radius 2 is 1.95 bits per heavy atom. The Bertz CT molecular complexity index is 488. The number of hydrogen-bond acceptors (Lipinski definition) is 5. The highest BCUT2D eigenvalue weighted by Gasteiger charge is 2.18. The van der Waals surface area contributed by atoms with Crippen molar-refractivity contribution in [3.63, 3.8) is 0 Å². The molecule has 0 saturated carbocycles. The van der Waals surface area contributed by atoms with Gasteiger partial charge in [-0.3, -0.25) is 4.98 Å². The second kappa shape index (κ2) is 9.13. The Labute approximate surface area is 136 Å². The molecule has 0 radical (unpaired) electrons. The number of nitrogens with zero attached hydrogens (tertiary/aromatic N) is 3. The van der Waals surface area contributed by atoms with Gasteiger partial charge in [0.15, 0.2) is 5.82 Å². The van der Waals surface area contributed by atoms with Crippen molar-refractivity contribution in [2.24, 2.45) is 5.92 Å². The fourth-order valence-electron chi connectivity index (χ4n) is 2.10. The van der Waals surface area contributed by atoms with E-state index < -0.39 is 0 Å². The first-order chi connectivity index (χ1) is 8.42. The van der Waals surface area contributed by atoms with Gasteiger partial charge in [-0.1, -0.05) is 5.16 Å². The Hall–Kier alpha value is -0.880. The van der Waals surface area contributed by atoms with Gasteiger partial charge in [0.25, 0.3) is 5.89 Å². The van der Waals surface area contributed by atoms with E-state index in [1.54, 1.807) is 12.4 Å². The summed E-state index contributed by atoms with van der Waals surface area (Å²) in [4.78, 5) is 8.37. The van der Waals surface area contributed by atoms with Crippen LogP contribution in [0.3, 0.4) is 0 Å². The molecule has 0 aromatic carbocycles. The summed E-state index contributed by atoms with van der Waals surface area (Å²) in [6.45, 7) is 2.15. The quantitative estimate of drug-likeness (QED) is 0.931. The Kier molecular flexibility index (Phi) is 8.73. The molecule has 1 aliphatic heterocycles. The molecule has 2 aromatic rings. The SMILES string of the molecule is Cl.Cl.Cl.c1cc(-c2nc(CC3CCNC3)no2)ccn1. The number of pyridine rings is 1. The zero-order valence-corrected chi connectivity index (χ0v) is 13.1. The van der Waals surface area contributed by atoms with E-state index in [2.05, 4.69) is 20.4 Å². The van der Waals surface area contributed by atoms with Gasteiger partial charge in [-0.2, -0.15) is 4.98 Å². The first-order valence-electron chi connectivity index (χ1n) is 5.85. The van der Waals surface area contributed by atoms with Crippen LogP contribution in [0, 0.1) is 5.92 Å². The van der Waals surface area contributed by atoms with Crippen LogP contribution in [0.4, 0.5) is 0 Å². The molecule has 1 fully saturated rings. The average Bonchev–Trinajstić information content (AvgIpc) is 3.02. The van der Waals surface area contributed by atoms with Gasteiger partial charge in [-0.15, -0.1) is 37.2 Å². The molecule has 20 heavy (non-hydrogen) atoms. The maximum atomic E-state index is 5.25. The van der Waals surface area contributed by atoms with E-state index >= 15 is 0 Å². The molecule has 0 bridgehead atoms. The van der Waals surface area contributed by atoms with Crippen LogP contribution in [-0.4, -0.2) is 28.2 Å². The lowest BCUT2D eigenvalue weighted by Crippen LogP contribution is -2.11. The number of aromatic nitrogens is 3. The van der Waals surface area contributed by atoms with Crippen molar-refractivity contribution < 1.29 is 4.52 Å². The van der Waals surface area contributed by atoms with Crippen LogP contribution in [0.1, 0.15) is 12.2 Å². The lowest BCUT2D eigenvalue weighted by Gasteiger charge is -2.01. The molecule has 2 aromatic heterocycles. The van der Waals surface area contributed by atoms with Crippen LogP contribution in [0.2, 0.25) is 0 Å². The first kappa shape index (κ1) is 19.1. The van der Waals surface area contributed by atoms with E-state index in [-0.39, 0.29) is 37.2 Å². The van der Waals surface area contributed by atoms with Crippen molar-refractivity contribution in [2.45, 2.75) is 12.8 Å². The van der Waals surface area contributed by atoms with E-state index in [1.807, 2.05) is 12.1 Å². The Morgan fingerprint density at radius 1 is 1.20 bits per heavy atom. The van der Waals surface area contributed by atoms with Crippen molar-refractivity contribution in [1.29, 1.82) is 0 Å². The summed E-state index contributed by atoms with van der Waals surface area (Å²) in [5.41, 5.74) is 0.920. The van der Waals surface area contributed by atoms with Crippen LogP contribution in [0.15, 0.2) is 29.0 Å². The highest BCUT2D eigenvalue weighted by Crippen LogP contribution is 2.18. The second-order valence-electron chi connectivity index (χ2n) is 4.31. The zero-order valence-electron chi connectivity index (χ0n) is 10.7. The molecule has 0 amide bonds. The fraction of sp³-hybridized carbons (Fsp3) is 0.417. The molecular weight excluding hydrogens is 323 g/mol. The van der Waals surface area contributed by atoms with E-state index in [9.17, 15) is 0 Å². The van der Waals surface area contributed by atoms with Crippen LogP contribution in [0.5, 0.6) is 0 Å². The molecule has 1 N–H and O–H groups in total. The third-order valence-electron chi connectivity index (χ3n) is 3.03. The summed E-state index contributed by atoms with van der Waals surface area (Å²) < 4.78 is 5.25. The third-order valence-corrected chi connectivity index (χ3v) is 3.03. The minimum atomic E-state index is 0. The maximum Gasteiger partial charge on any atom is 0.258 e. The number of hydrogen-bond donors (Lipinski definition) is 1. The van der Waals surface area contributed by atoms with E-state index in [4.69, 9.17) is 4.52 Å². The summed E-state index contributed by atoms with van der Waals surface area (Å²) in [5, 5.41) is 7.36. The molecule has 0 spiro atoms.